The van der Waals surface area contributed by atoms with Crippen LogP contribution in [-0.4, -0.2) is 23.0 Å². The first kappa shape index (κ1) is 34.9. The van der Waals surface area contributed by atoms with Crippen molar-refractivity contribution in [2.24, 2.45) is 5.89 Å². The molecule has 0 bridgehead atoms. The molecule has 0 saturated heterocycles. The Bertz CT molecular complexity index is 2430. The normalized spacial score (nSPS) is 16.3. The fraction of sp³-hybridized carbons (Fsp3) is 0.298. The van der Waals surface area contributed by atoms with E-state index < -0.39 is 25.8 Å². The second kappa shape index (κ2) is 17.1. The number of hydrogen-bond donors (Lipinski definition) is 0. The van der Waals surface area contributed by atoms with Crippen LogP contribution in [0.5, 0.6) is 0 Å². The average molecular weight is 911 g/mol. The Morgan fingerprint density at radius 2 is 1.55 bits per heavy atom. The summed E-state index contributed by atoms with van der Waals surface area (Å²) in [6, 6.07) is 39.1. The van der Waals surface area contributed by atoms with Crippen LogP contribution >= 0.6 is 11.3 Å². The molecule has 8 rings (SSSR count). The second-order valence-electron chi connectivity index (χ2n) is 15.0. The van der Waals surface area contributed by atoms with E-state index in [1.807, 2.05) is 87.6 Å². The van der Waals surface area contributed by atoms with Gasteiger partial charge in [-0.05, 0) is 69.3 Å². The third-order valence-electron chi connectivity index (χ3n) is 10.0. The Morgan fingerprint density at radius 1 is 0.792 bits per heavy atom. The Hall–Kier alpha value is -3.80. The van der Waals surface area contributed by atoms with Crippen molar-refractivity contribution in [1.82, 2.24) is 15.0 Å². The number of hydrogen-bond acceptors (Lipinski definition) is 4. The van der Waals surface area contributed by atoms with E-state index in [2.05, 4.69) is 78.1 Å². The largest absolute Gasteiger partial charge is 0.305 e. The summed E-state index contributed by atoms with van der Waals surface area (Å²) >= 11 is 1.68. The van der Waals surface area contributed by atoms with E-state index in [0.717, 1.165) is 90.9 Å². The number of benzene rings is 3. The number of aromatic nitrogens is 3. The summed E-state index contributed by atoms with van der Waals surface area (Å²) in [4.78, 5) is 15.2. The first-order valence-electron chi connectivity index (χ1n) is 19.9. The van der Waals surface area contributed by atoms with Crippen LogP contribution in [0.4, 0.5) is 0 Å². The van der Waals surface area contributed by atoms with Gasteiger partial charge >= 0.3 is 0 Å². The first-order valence-corrected chi connectivity index (χ1v) is 22.7. The molecule has 4 aromatic heterocycles. The molecule has 0 N–H and O–H groups in total. The van der Waals surface area contributed by atoms with Gasteiger partial charge in [0.05, 0.1) is 13.8 Å². The summed E-state index contributed by atoms with van der Waals surface area (Å²) < 4.78 is 27.8. The minimum absolute atomic E-state index is 0. The molecule has 3 nitrogen and oxygen atoms in total. The third kappa shape index (κ3) is 8.95. The van der Waals surface area contributed by atoms with Gasteiger partial charge in [-0.2, -0.15) is 11.3 Å². The summed E-state index contributed by atoms with van der Waals surface area (Å²) in [6.07, 6.45) is 8.55. The van der Waals surface area contributed by atoms with Crippen molar-refractivity contribution >= 4 is 44.9 Å². The molecule has 1 fully saturated rings. The molecule has 0 aliphatic heterocycles. The number of rotatable bonds is 7. The van der Waals surface area contributed by atoms with E-state index in [1.54, 1.807) is 17.5 Å². The zero-order valence-corrected chi connectivity index (χ0v) is 35.7. The minimum Gasteiger partial charge on any atom is -0.305 e. The molecule has 1 saturated carbocycles. The van der Waals surface area contributed by atoms with Gasteiger partial charge < -0.3 is 9.97 Å². The van der Waals surface area contributed by atoms with E-state index in [1.165, 1.54) is 11.6 Å². The van der Waals surface area contributed by atoms with Crippen molar-refractivity contribution in [3.8, 4) is 33.8 Å². The van der Waals surface area contributed by atoms with Crippen molar-refractivity contribution < 1.29 is 24.2 Å². The van der Waals surface area contributed by atoms with E-state index >= 15 is 0 Å². The third-order valence-corrected chi connectivity index (χ3v) is 13.1. The van der Waals surface area contributed by atoms with Crippen LogP contribution in [-0.2, 0) is 20.1 Å². The predicted octanol–water partition coefficient (Wildman–Crippen LogP) is 12.9. The van der Waals surface area contributed by atoms with Gasteiger partial charge in [0.2, 0.25) is 0 Å². The Morgan fingerprint density at radius 3 is 2.26 bits per heavy atom. The molecule has 0 spiro atoms. The number of pyridine rings is 3. The molecular weight excluding hydrogens is 859 g/mol. The van der Waals surface area contributed by atoms with E-state index in [9.17, 15) is 1.37 Å². The average Bonchev–Trinajstić information content (AvgIpc) is 3.55. The van der Waals surface area contributed by atoms with Gasteiger partial charge in [0.1, 0.15) is 4.83 Å². The maximum atomic E-state index is 9.19. The predicted molar refractivity (Wildman–Crippen MR) is 225 cm³/mol. The molecule has 1 radical (unpaired) electrons. The summed E-state index contributed by atoms with van der Waals surface area (Å²) in [6.45, 7) is 12.7. The van der Waals surface area contributed by atoms with Gasteiger partial charge in [0.15, 0.2) is 0 Å². The van der Waals surface area contributed by atoms with Crippen molar-refractivity contribution in [1.29, 1.82) is 0 Å². The Labute approximate surface area is 339 Å². The fourth-order valence-corrected chi connectivity index (χ4v) is 9.67. The van der Waals surface area contributed by atoms with Gasteiger partial charge in [-0.1, -0.05) is 125 Å². The van der Waals surface area contributed by atoms with Gasteiger partial charge in [0, 0.05) is 42.2 Å². The smallest absolute Gasteiger partial charge is 0.114 e. The maximum absolute atomic E-state index is 9.19. The van der Waals surface area contributed by atoms with E-state index in [-0.39, 0.29) is 20.1 Å². The summed E-state index contributed by atoms with van der Waals surface area (Å²) in [5.74, 6) is -2.35. The molecule has 7 aromatic rings. The Kier molecular flexibility index (Phi) is 11.3. The van der Waals surface area contributed by atoms with Crippen molar-refractivity contribution in [2.45, 2.75) is 84.3 Å². The van der Waals surface area contributed by atoms with Crippen LogP contribution in [0.15, 0.2) is 109 Å². The Balaban J connectivity index is 0.000000217. The fourth-order valence-electron chi connectivity index (χ4n) is 7.05. The van der Waals surface area contributed by atoms with Crippen molar-refractivity contribution in [2.75, 3.05) is 0 Å². The standard InChI is InChI=1S/C30H27N2S.C17H22NSi.Ir/c1-20(21-8-4-2-5-9-21)23-16-17-31-28(19-23)24-12-15-29-26(18-24)25-13-14-27(32-30(25)33-29)22-10-6-3-7-11-22;1-13(2)15-11-16(14-9-7-6-8-10-14)18-12-17(15)19(3,4)5;/h3,6-7,10-11,13-21H,2,4-5,8-9H2,1H3;6-9,11-13H,1-5H3;/q2*-1;/i20D,21D;13D;. The zero-order valence-electron chi connectivity index (χ0n) is 34.5. The molecule has 1 atom stereocenters. The van der Waals surface area contributed by atoms with Crippen LogP contribution < -0.4 is 5.19 Å². The molecule has 4 heterocycles. The summed E-state index contributed by atoms with van der Waals surface area (Å²) in [5, 5.41) is 3.56. The van der Waals surface area contributed by atoms with Crippen molar-refractivity contribution in [3.05, 3.63) is 133 Å². The SMILES string of the molecule is [2H]C(C)(C)c1cc(-c2[c-]cccc2)ncc1[Si](C)(C)C.[2H]C1(C([2H])(C)c2ccnc(-c3[c-]cc4sc5nc(-c6ccccc6)ccc5c4c3)c2)CCCCC1.[Ir]. The van der Waals surface area contributed by atoms with Crippen LogP contribution in [0, 0.1) is 18.0 Å². The summed E-state index contributed by atoms with van der Waals surface area (Å²) in [5.41, 5.74) is 7.65. The molecule has 1 aliphatic rings. The van der Waals surface area contributed by atoms with Crippen LogP contribution in [0.2, 0.25) is 19.6 Å². The van der Waals surface area contributed by atoms with Gasteiger partial charge in [-0.3, -0.25) is 0 Å². The number of fused-ring (bicyclic) bond motifs is 3. The van der Waals surface area contributed by atoms with E-state index in [4.69, 9.17) is 7.73 Å². The second-order valence-corrected chi connectivity index (χ2v) is 21.1. The quantitative estimate of drug-likeness (QED) is 0.118. The van der Waals surface area contributed by atoms with Gasteiger partial charge in [0.25, 0.3) is 0 Å². The van der Waals surface area contributed by atoms with Crippen LogP contribution in [0.3, 0.4) is 0 Å². The summed E-state index contributed by atoms with van der Waals surface area (Å²) in [7, 11) is -1.50. The molecule has 53 heavy (non-hydrogen) atoms. The molecule has 1 unspecified atom stereocenters. The molecule has 0 amide bonds. The van der Waals surface area contributed by atoms with Gasteiger partial charge in [-0.25, -0.2) is 4.98 Å². The molecule has 6 heteroatoms. The number of thiophene rings is 1. The van der Waals surface area contributed by atoms with Crippen LogP contribution in [0.1, 0.15) is 79.9 Å². The first-order chi connectivity index (χ1) is 26.1. The molecular formula is C47H49IrN3SSi-2. The minimum atomic E-state index is -1.50. The maximum Gasteiger partial charge on any atom is 0.114 e. The topological polar surface area (TPSA) is 38.7 Å². The van der Waals surface area contributed by atoms with E-state index in [0.29, 0.717) is 0 Å². The molecule has 1 aliphatic carbocycles. The molecule has 3 aromatic carbocycles. The van der Waals surface area contributed by atoms with Gasteiger partial charge in [-0.15, -0.1) is 59.7 Å². The number of nitrogens with zero attached hydrogens (tertiary/aromatic N) is 3. The van der Waals surface area contributed by atoms with Crippen LogP contribution in [0.25, 0.3) is 54.1 Å². The zero-order chi connectivity index (χ0) is 39.0. The van der Waals surface area contributed by atoms with Crippen molar-refractivity contribution in [3.63, 3.8) is 0 Å². The molecule has 273 valence electrons. The monoisotopic (exact) mass is 911 g/mol.